The van der Waals surface area contributed by atoms with Gasteiger partial charge in [-0.3, -0.25) is 4.90 Å². The lowest BCUT2D eigenvalue weighted by molar-refractivity contribution is -0.136. The van der Waals surface area contributed by atoms with E-state index < -0.39 is 24.8 Å². The van der Waals surface area contributed by atoms with E-state index in [-0.39, 0.29) is 19.5 Å². The molecule has 0 amide bonds. The van der Waals surface area contributed by atoms with E-state index in [0.29, 0.717) is 24.1 Å². The Morgan fingerprint density at radius 3 is 2.85 bits per heavy atom. The van der Waals surface area contributed by atoms with Crippen molar-refractivity contribution < 1.29 is 17.6 Å². The third-order valence-electron chi connectivity index (χ3n) is 5.19. The number of aromatic amines is 1. The largest absolute Gasteiger partial charge is 0.389 e. The first-order valence-corrected chi connectivity index (χ1v) is 9.13. The summed E-state index contributed by atoms with van der Waals surface area (Å²) in [4.78, 5) is 13.8. The smallest absolute Gasteiger partial charge is 0.346 e. The van der Waals surface area contributed by atoms with Gasteiger partial charge in [-0.05, 0) is 19.0 Å². The molecule has 0 saturated carbocycles. The van der Waals surface area contributed by atoms with Gasteiger partial charge in [-0.25, -0.2) is 14.4 Å². The zero-order valence-corrected chi connectivity index (χ0v) is 14.9. The van der Waals surface area contributed by atoms with E-state index >= 15 is 0 Å². The molecule has 1 aliphatic heterocycles. The molecule has 5 nitrogen and oxygen atoms in total. The standard InChI is InChI=1S/C18H21F4N5/c1-2-15-25-13-8-24-17-11(4-6-23-17)16(13)27(15)14-10-26(9-12(14)19)7-3-5-18(20,21)22/h4,6,8,12,14H,2-3,5,7,9-10H2,1H3,(H,23,24). The van der Waals surface area contributed by atoms with Crippen LogP contribution in [-0.2, 0) is 6.42 Å². The summed E-state index contributed by atoms with van der Waals surface area (Å²) in [6.07, 6.45) is -2.08. The summed E-state index contributed by atoms with van der Waals surface area (Å²) in [5, 5.41) is 0.877. The molecule has 0 bridgehead atoms. The molecule has 146 valence electrons. The van der Waals surface area contributed by atoms with Gasteiger partial charge in [-0.15, -0.1) is 0 Å². The fourth-order valence-corrected chi connectivity index (χ4v) is 4.00. The molecule has 0 aromatic carbocycles. The van der Waals surface area contributed by atoms with Crippen molar-refractivity contribution in [1.29, 1.82) is 0 Å². The molecule has 0 spiro atoms. The topological polar surface area (TPSA) is 49.7 Å². The molecule has 2 unspecified atom stereocenters. The minimum absolute atomic E-state index is 0.0137. The quantitative estimate of drug-likeness (QED) is 0.678. The third-order valence-corrected chi connectivity index (χ3v) is 5.19. The lowest BCUT2D eigenvalue weighted by Gasteiger charge is -2.19. The maximum absolute atomic E-state index is 14.9. The number of pyridine rings is 1. The number of nitrogens with one attached hydrogen (secondary N) is 1. The molecule has 0 aliphatic carbocycles. The van der Waals surface area contributed by atoms with Crippen molar-refractivity contribution in [1.82, 2.24) is 24.4 Å². The molecule has 4 heterocycles. The van der Waals surface area contributed by atoms with E-state index in [1.54, 1.807) is 17.3 Å². The first-order valence-electron chi connectivity index (χ1n) is 9.13. The average Bonchev–Trinajstić information content (AvgIpc) is 3.28. The highest BCUT2D eigenvalue weighted by molar-refractivity contribution is 6.01. The van der Waals surface area contributed by atoms with Crippen molar-refractivity contribution in [3.8, 4) is 0 Å². The summed E-state index contributed by atoms with van der Waals surface area (Å²) >= 11 is 0. The van der Waals surface area contributed by atoms with E-state index in [4.69, 9.17) is 0 Å². The highest BCUT2D eigenvalue weighted by atomic mass is 19.4. The number of imidazole rings is 1. The van der Waals surface area contributed by atoms with Crippen LogP contribution in [-0.4, -0.2) is 56.4 Å². The summed E-state index contributed by atoms with van der Waals surface area (Å²) in [7, 11) is 0. The zero-order valence-electron chi connectivity index (χ0n) is 14.9. The molecule has 1 aliphatic rings. The minimum atomic E-state index is -4.17. The monoisotopic (exact) mass is 383 g/mol. The van der Waals surface area contributed by atoms with Crippen LogP contribution in [0.15, 0.2) is 18.5 Å². The van der Waals surface area contributed by atoms with Gasteiger partial charge in [-0.2, -0.15) is 13.2 Å². The van der Waals surface area contributed by atoms with Gasteiger partial charge < -0.3 is 9.55 Å². The maximum atomic E-state index is 14.9. The number of aryl methyl sites for hydroxylation is 1. The molecule has 0 radical (unpaired) electrons. The maximum Gasteiger partial charge on any atom is 0.389 e. The van der Waals surface area contributed by atoms with Gasteiger partial charge in [0.15, 0.2) is 0 Å². The molecule has 4 rings (SSSR count). The Hall–Kier alpha value is -2.16. The third kappa shape index (κ3) is 3.40. The van der Waals surface area contributed by atoms with Crippen LogP contribution in [0.5, 0.6) is 0 Å². The van der Waals surface area contributed by atoms with Crippen molar-refractivity contribution in [3.05, 3.63) is 24.3 Å². The van der Waals surface area contributed by atoms with Gasteiger partial charge in [0, 0.05) is 37.5 Å². The summed E-state index contributed by atoms with van der Waals surface area (Å²) < 4.78 is 54.0. The van der Waals surface area contributed by atoms with Crippen LogP contribution >= 0.6 is 0 Å². The number of H-pyrrole nitrogens is 1. The van der Waals surface area contributed by atoms with Crippen LogP contribution in [0.1, 0.15) is 31.6 Å². The first kappa shape index (κ1) is 18.2. The van der Waals surface area contributed by atoms with Gasteiger partial charge in [-0.1, -0.05) is 6.92 Å². The second kappa shape index (κ2) is 6.78. The minimum Gasteiger partial charge on any atom is -0.346 e. The lowest BCUT2D eigenvalue weighted by atomic mass is 10.2. The Labute approximate surface area is 153 Å². The Morgan fingerprint density at radius 2 is 2.11 bits per heavy atom. The van der Waals surface area contributed by atoms with Gasteiger partial charge in [0.05, 0.1) is 17.8 Å². The zero-order chi connectivity index (χ0) is 19.2. The fourth-order valence-electron chi connectivity index (χ4n) is 4.00. The Morgan fingerprint density at radius 1 is 1.30 bits per heavy atom. The molecular formula is C18H21F4N5. The normalized spacial score (nSPS) is 21.7. The molecule has 1 fully saturated rings. The molecule has 3 aromatic rings. The summed E-state index contributed by atoms with van der Waals surface area (Å²) in [6.45, 7) is 2.73. The van der Waals surface area contributed by atoms with E-state index in [1.807, 2.05) is 17.6 Å². The van der Waals surface area contributed by atoms with E-state index in [9.17, 15) is 17.6 Å². The number of fused-ring (bicyclic) bond motifs is 3. The predicted molar refractivity (Wildman–Crippen MR) is 94.4 cm³/mol. The van der Waals surface area contributed by atoms with Crippen LogP contribution in [0.25, 0.3) is 22.1 Å². The molecule has 1 N–H and O–H groups in total. The van der Waals surface area contributed by atoms with Crippen LogP contribution in [0.3, 0.4) is 0 Å². The summed E-state index contributed by atoms with van der Waals surface area (Å²) in [5.41, 5.74) is 2.26. The van der Waals surface area contributed by atoms with E-state index in [2.05, 4.69) is 15.0 Å². The molecule has 2 atom stereocenters. The lowest BCUT2D eigenvalue weighted by Crippen LogP contribution is -2.24. The van der Waals surface area contributed by atoms with Crippen molar-refractivity contribution in [2.24, 2.45) is 0 Å². The predicted octanol–water partition coefficient (Wildman–Crippen LogP) is 4.01. The second-order valence-electron chi connectivity index (χ2n) is 7.05. The number of rotatable bonds is 5. The van der Waals surface area contributed by atoms with Crippen LogP contribution in [0.2, 0.25) is 0 Å². The number of likely N-dealkylation sites (tertiary alicyclic amines) is 1. The highest BCUT2D eigenvalue weighted by Crippen LogP contribution is 2.33. The molecule has 27 heavy (non-hydrogen) atoms. The first-order chi connectivity index (χ1) is 12.9. The highest BCUT2D eigenvalue weighted by Gasteiger charge is 2.37. The molecule has 1 saturated heterocycles. The van der Waals surface area contributed by atoms with Crippen LogP contribution in [0.4, 0.5) is 17.6 Å². The second-order valence-corrected chi connectivity index (χ2v) is 7.05. The van der Waals surface area contributed by atoms with Gasteiger partial charge in [0.2, 0.25) is 0 Å². The summed E-state index contributed by atoms with van der Waals surface area (Å²) in [6, 6.07) is 1.43. The Kier molecular flexibility index (Phi) is 4.57. The molecule has 9 heteroatoms. The Balaban J connectivity index is 1.64. The number of hydrogen-bond acceptors (Lipinski definition) is 3. The van der Waals surface area contributed by atoms with Crippen LogP contribution in [0, 0.1) is 0 Å². The number of nitrogens with zero attached hydrogens (tertiary/aromatic N) is 4. The van der Waals surface area contributed by atoms with Crippen LogP contribution < -0.4 is 0 Å². The van der Waals surface area contributed by atoms with Crippen molar-refractivity contribution in [2.75, 3.05) is 19.6 Å². The number of aromatic nitrogens is 4. The molecule has 3 aromatic heterocycles. The van der Waals surface area contributed by atoms with E-state index in [0.717, 1.165) is 16.7 Å². The fraction of sp³-hybridized carbons (Fsp3) is 0.556. The van der Waals surface area contributed by atoms with Crippen molar-refractivity contribution in [2.45, 2.75) is 44.6 Å². The SMILES string of the molecule is CCc1nc2cnc3[nH]ccc3c2n1C1CN(CCCC(F)(F)F)CC1F. The van der Waals surface area contributed by atoms with Crippen molar-refractivity contribution in [3.63, 3.8) is 0 Å². The van der Waals surface area contributed by atoms with E-state index in [1.165, 1.54) is 0 Å². The number of halogens is 4. The van der Waals surface area contributed by atoms with Gasteiger partial charge in [0.1, 0.15) is 23.2 Å². The van der Waals surface area contributed by atoms with Crippen molar-refractivity contribution >= 4 is 22.1 Å². The number of hydrogen-bond donors (Lipinski definition) is 1. The van der Waals surface area contributed by atoms with Gasteiger partial charge in [0.25, 0.3) is 0 Å². The number of alkyl halides is 4. The summed E-state index contributed by atoms with van der Waals surface area (Å²) in [5.74, 6) is 0.769. The van der Waals surface area contributed by atoms with Gasteiger partial charge >= 0.3 is 6.18 Å². The average molecular weight is 383 g/mol. The molecular weight excluding hydrogens is 362 g/mol. The Bertz CT molecular complexity index is 944.